The Hall–Kier alpha value is -2.34. The molecule has 142 valence electrons. The van der Waals surface area contributed by atoms with Crippen LogP contribution in [0.5, 0.6) is 5.75 Å². The minimum atomic E-state index is -0.0413. The Morgan fingerprint density at radius 1 is 1.07 bits per heavy atom. The van der Waals surface area contributed by atoms with Gasteiger partial charge in [-0.15, -0.1) is 0 Å². The number of likely N-dealkylation sites (tertiary alicyclic amines) is 1. The number of nitrogens with one attached hydrogen (secondary N) is 1. The van der Waals surface area contributed by atoms with Crippen molar-refractivity contribution in [1.82, 2.24) is 10.2 Å². The van der Waals surface area contributed by atoms with Gasteiger partial charge in [-0.3, -0.25) is 9.59 Å². The molecular formula is C21H23BrN2O3. The van der Waals surface area contributed by atoms with E-state index in [4.69, 9.17) is 4.74 Å². The van der Waals surface area contributed by atoms with Crippen molar-refractivity contribution >= 4 is 27.7 Å². The van der Waals surface area contributed by atoms with Gasteiger partial charge in [-0.2, -0.15) is 0 Å². The summed E-state index contributed by atoms with van der Waals surface area (Å²) in [7, 11) is 1.60. The Kier molecular flexibility index (Phi) is 6.50. The first-order valence-electron chi connectivity index (χ1n) is 9.02. The fourth-order valence-corrected chi connectivity index (χ4v) is 3.46. The van der Waals surface area contributed by atoms with Gasteiger partial charge in [-0.05, 0) is 54.8 Å². The Bertz CT molecular complexity index is 782. The van der Waals surface area contributed by atoms with Crippen molar-refractivity contribution in [3.8, 4) is 5.75 Å². The highest BCUT2D eigenvalue weighted by Crippen LogP contribution is 2.21. The molecule has 1 heterocycles. The highest BCUT2D eigenvalue weighted by molar-refractivity contribution is 9.10. The van der Waals surface area contributed by atoms with E-state index in [1.807, 2.05) is 29.2 Å². The molecule has 6 heteroatoms. The van der Waals surface area contributed by atoms with Crippen LogP contribution in [-0.4, -0.2) is 36.9 Å². The summed E-state index contributed by atoms with van der Waals surface area (Å²) in [6.07, 6.45) is 1.38. The van der Waals surface area contributed by atoms with Crippen LogP contribution >= 0.6 is 15.9 Å². The highest BCUT2D eigenvalue weighted by atomic mass is 79.9. The van der Waals surface area contributed by atoms with Crippen molar-refractivity contribution in [3.63, 3.8) is 0 Å². The Morgan fingerprint density at radius 3 is 2.30 bits per heavy atom. The largest absolute Gasteiger partial charge is 0.497 e. The standard InChI is InChI=1S/C21H23BrN2O3/c1-27-19-8-4-17(5-9-19)21(26)24-12-10-16(11-13-24)20(25)23-14-15-2-6-18(22)7-3-15/h2-9,16H,10-14H2,1H3,(H,23,25). The lowest BCUT2D eigenvalue weighted by Gasteiger charge is -2.31. The fraction of sp³-hybridized carbons (Fsp3) is 0.333. The number of carbonyl (C=O) groups is 2. The minimum Gasteiger partial charge on any atom is -0.497 e. The number of halogens is 1. The quantitative estimate of drug-likeness (QED) is 0.787. The van der Waals surface area contributed by atoms with Gasteiger partial charge in [0.2, 0.25) is 5.91 Å². The van der Waals surface area contributed by atoms with Crippen LogP contribution in [0.15, 0.2) is 53.0 Å². The molecule has 3 rings (SSSR count). The predicted molar refractivity (Wildman–Crippen MR) is 108 cm³/mol. The van der Waals surface area contributed by atoms with E-state index in [-0.39, 0.29) is 17.7 Å². The number of rotatable bonds is 5. The van der Waals surface area contributed by atoms with Crippen molar-refractivity contribution < 1.29 is 14.3 Å². The van der Waals surface area contributed by atoms with Crippen LogP contribution in [0.1, 0.15) is 28.8 Å². The molecule has 1 aliphatic rings. The second-order valence-corrected chi connectivity index (χ2v) is 7.55. The maximum Gasteiger partial charge on any atom is 0.253 e. The monoisotopic (exact) mass is 430 g/mol. The number of piperidine rings is 1. The molecule has 5 nitrogen and oxygen atoms in total. The first-order chi connectivity index (χ1) is 13.1. The molecule has 1 aliphatic heterocycles. The number of hydrogen-bond donors (Lipinski definition) is 1. The van der Waals surface area contributed by atoms with Crippen molar-refractivity contribution in [2.75, 3.05) is 20.2 Å². The molecular weight excluding hydrogens is 408 g/mol. The molecule has 0 aliphatic carbocycles. The molecule has 1 N–H and O–H groups in total. The molecule has 0 atom stereocenters. The maximum absolute atomic E-state index is 12.6. The molecule has 0 aromatic heterocycles. The summed E-state index contributed by atoms with van der Waals surface area (Å²) in [6, 6.07) is 15.0. The van der Waals surface area contributed by atoms with Gasteiger partial charge in [0.15, 0.2) is 0 Å². The molecule has 2 aromatic rings. The van der Waals surface area contributed by atoms with Crippen LogP contribution in [0.3, 0.4) is 0 Å². The van der Waals surface area contributed by atoms with Crippen LogP contribution in [0.2, 0.25) is 0 Å². The van der Waals surface area contributed by atoms with Crippen molar-refractivity contribution in [2.45, 2.75) is 19.4 Å². The number of methoxy groups -OCH3 is 1. The number of amides is 2. The lowest BCUT2D eigenvalue weighted by atomic mass is 9.95. The minimum absolute atomic E-state index is 0.00590. The second-order valence-electron chi connectivity index (χ2n) is 6.64. The molecule has 0 bridgehead atoms. The van der Waals surface area contributed by atoms with Crippen molar-refractivity contribution in [2.24, 2.45) is 5.92 Å². The van der Waals surface area contributed by atoms with Gasteiger partial charge < -0.3 is 15.0 Å². The third-order valence-corrected chi connectivity index (χ3v) is 5.40. The summed E-state index contributed by atoms with van der Waals surface area (Å²) in [4.78, 5) is 26.8. The first-order valence-corrected chi connectivity index (χ1v) is 9.81. The zero-order valence-electron chi connectivity index (χ0n) is 15.3. The molecule has 0 unspecified atom stereocenters. The lowest BCUT2D eigenvalue weighted by molar-refractivity contribution is -0.126. The Labute approximate surface area is 167 Å². The number of carbonyl (C=O) groups excluding carboxylic acids is 2. The number of ether oxygens (including phenoxy) is 1. The smallest absolute Gasteiger partial charge is 0.253 e. The summed E-state index contributed by atoms with van der Waals surface area (Å²) in [6.45, 7) is 1.72. The Morgan fingerprint density at radius 2 is 1.70 bits per heavy atom. The van der Waals surface area contributed by atoms with E-state index >= 15 is 0 Å². The zero-order valence-corrected chi connectivity index (χ0v) is 16.9. The van der Waals surface area contributed by atoms with Gasteiger partial charge in [0.05, 0.1) is 7.11 Å². The van der Waals surface area contributed by atoms with E-state index in [9.17, 15) is 9.59 Å². The molecule has 2 amide bonds. The normalized spacial score (nSPS) is 14.7. The van der Waals surface area contributed by atoms with Gasteiger partial charge in [0.25, 0.3) is 5.91 Å². The summed E-state index contributed by atoms with van der Waals surface area (Å²) in [5.41, 5.74) is 1.72. The summed E-state index contributed by atoms with van der Waals surface area (Å²) >= 11 is 3.40. The van der Waals surface area contributed by atoms with Crippen LogP contribution in [0.25, 0.3) is 0 Å². The SMILES string of the molecule is COc1ccc(C(=O)N2CCC(C(=O)NCc3ccc(Br)cc3)CC2)cc1. The van der Waals surface area contributed by atoms with E-state index in [1.165, 1.54) is 0 Å². The average molecular weight is 431 g/mol. The molecule has 1 saturated heterocycles. The van der Waals surface area contributed by atoms with Gasteiger partial charge >= 0.3 is 0 Å². The molecule has 0 radical (unpaired) electrons. The molecule has 1 fully saturated rings. The molecule has 27 heavy (non-hydrogen) atoms. The maximum atomic E-state index is 12.6. The third kappa shape index (κ3) is 5.10. The molecule has 0 saturated carbocycles. The van der Waals surface area contributed by atoms with E-state index in [1.54, 1.807) is 31.4 Å². The predicted octanol–water partition coefficient (Wildman–Crippen LogP) is 3.63. The zero-order chi connectivity index (χ0) is 19.2. The summed E-state index contributed by atoms with van der Waals surface area (Å²) in [5.74, 6) is 0.758. The topological polar surface area (TPSA) is 58.6 Å². The first kappa shape index (κ1) is 19.4. The summed E-state index contributed by atoms with van der Waals surface area (Å²) in [5, 5.41) is 3.00. The lowest BCUT2D eigenvalue weighted by Crippen LogP contribution is -2.42. The van der Waals surface area contributed by atoms with E-state index in [2.05, 4.69) is 21.2 Å². The van der Waals surface area contributed by atoms with Crippen molar-refractivity contribution in [1.29, 1.82) is 0 Å². The van der Waals surface area contributed by atoms with Crippen LogP contribution in [0.4, 0.5) is 0 Å². The average Bonchev–Trinajstić information content (AvgIpc) is 2.73. The van der Waals surface area contributed by atoms with Gasteiger partial charge in [0.1, 0.15) is 5.75 Å². The van der Waals surface area contributed by atoms with Crippen molar-refractivity contribution in [3.05, 3.63) is 64.1 Å². The number of hydrogen-bond acceptors (Lipinski definition) is 3. The Balaban J connectivity index is 1.48. The van der Waals surface area contributed by atoms with E-state index < -0.39 is 0 Å². The molecule has 2 aromatic carbocycles. The second kappa shape index (κ2) is 9.04. The van der Waals surface area contributed by atoms with Crippen LogP contribution in [-0.2, 0) is 11.3 Å². The van der Waals surface area contributed by atoms with Crippen LogP contribution in [0, 0.1) is 5.92 Å². The fourth-order valence-electron chi connectivity index (χ4n) is 3.20. The summed E-state index contributed by atoms with van der Waals surface area (Å²) < 4.78 is 6.14. The highest BCUT2D eigenvalue weighted by Gasteiger charge is 2.27. The van der Waals surface area contributed by atoms with Crippen LogP contribution < -0.4 is 10.1 Å². The van der Waals surface area contributed by atoms with E-state index in [0.29, 0.717) is 38.0 Å². The molecule has 0 spiro atoms. The number of benzene rings is 2. The van der Waals surface area contributed by atoms with Gasteiger partial charge in [-0.1, -0.05) is 28.1 Å². The third-order valence-electron chi connectivity index (χ3n) is 4.87. The van der Waals surface area contributed by atoms with E-state index in [0.717, 1.165) is 15.8 Å². The number of nitrogens with zero attached hydrogens (tertiary/aromatic N) is 1. The van der Waals surface area contributed by atoms with Gasteiger partial charge in [0, 0.05) is 35.6 Å². The van der Waals surface area contributed by atoms with Gasteiger partial charge in [-0.25, -0.2) is 0 Å².